The molecule has 0 saturated heterocycles. The van der Waals surface area contributed by atoms with Crippen LogP contribution in [0.5, 0.6) is 0 Å². The normalized spacial score (nSPS) is 11.6. The van der Waals surface area contributed by atoms with Crippen LogP contribution < -0.4 is 10.6 Å². The highest BCUT2D eigenvalue weighted by molar-refractivity contribution is 7.09. The minimum atomic E-state index is 0.799. The molecule has 0 radical (unpaired) electrons. The minimum absolute atomic E-state index is 0.799. The van der Waals surface area contributed by atoms with Crippen LogP contribution in [0, 0.1) is 0 Å². The van der Waals surface area contributed by atoms with Crippen molar-refractivity contribution in [2.45, 2.75) is 13.0 Å². The highest BCUT2D eigenvalue weighted by Crippen LogP contribution is 2.15. The Morgan fingerprint density at radius 3 is 2.87 bits per heavy atom. The van der Waals surface area contributed by atoms with Crippen LogP contribution in [0.15, 0.2) is 59.0 Å². The molecule has 0 bridgehead atoms. The highest BCUT2D eigenvalue weighted by atomic mass is 32.1. The first-order valence-electron chi connectivity index (χ1n) is 7.66. The van der Waals surface area contributed by atoms with Crippen molar-refractivity contribution >= 4 is 28.2 Å². The monoisotopic (exact) mass is 324 g/mol. The molecule has 2 heterocycles. The lowest BCUT2D eigenvalue weighted by molar-refractivity contribution is 0.801. The molecule has 2 aromatic heterocycles. The van der Waals surface area contributed by atoms with Gasteiger partial charge in [-0.05, 0) is 29.5 Å². The van der Waals surface area contributed by atoms with Gasteiger partial charge in [-0.1, -0.05) is 30.3 Å². The van der Waals surface area contributed by atoms with E-state index in [9.17, 15) is 0 Å². The molecule has 118 valence electrons. The molecule has 0 amide bonds. The smallest absolute Gasteiger partial charge is 0.191 e. The van der Waals surface area contributed by atoms with Crippen molar-refractivity contribution in [2.75, 3.05) is 13.6 Å². The fraction of sp³-hybridized carbons (Fsp3) is 0.222. The zero-order chi connectivity index (χ0) is 15.9. The van der Waals surface area contributed by atoms with Gasteiger partial charge in [-0.25, -0.2) is 0 Å². The zero-order valence-corrected chi connectivity index (χ0v) is 13.9. The molecule has 0 aliphatic rings. The molecule has 0 aliphatic carbocycles. The molecule has 5 heteroatoms. The molecular formula is C18H20N4S. The summed E-state index contributed by atoms with van der Waals surface area (Å²) in [5.41, 5.74) is 2.34. The van der Waals surface area contributed by atoms with Crippen LogP contribution >= 0.6 is 11.3 Å². The average Bonchev–Trinajstić information content (AvgIpc) is 3.11. The second kappa shape index (κ2) is 7.74. The maximum atomic E-state index is 4.50. The number of rotatable bonds is 5. The van der Waals surface area contributed by atoms with E-state index in [1.807, 2.05) is 12.3 Å². The quantitative estimate of drug-likeness (QED) is 0.560. The molecule has 1 aromatic carbocycles. The Balaban J connectivity index is 1.55. The second-order valence-electron chi connectivity index (χ2n) is 5.17. The Morgan fingerprint density at radius 2 is 2.04 bits per heavy atom. The van der Waals surface area contributed by atoms with Crippen molar-refractivity contribution in [1.82, 2.24) is 15.6 Å². The Bertz CT molecular complexity index is 775. The number of aromatic nitrogens is 1. The van der Waals surface area contributed by atoms with Crippen LogP contribution in [0.25, 0.3) is 10.9 Å². The summed E-state index contributed by atoms with van der Waals surface area (Å²) < 4.78 is 0. The molecule has 23 heavy (non-hydrogen) atoms. The third kappa shape index (κ3) is 4.07. The number of fused-ring (bicyclic) bond motifs is 1. The fourth-order valence-electron chi connectivity index (χ4n) is 2.49. The van der Waals surface area contributed by atoms with Gasteiger partial charge in [0.05, 0.1) is 12.1 Å². The van der Waals surface area contributed by atoms with Crippen molar-refractivity contribution in [3.05, 3.63) is 64.5 Å². The van der Waals surface area contributed by atoms with E-state index in [0.717, 1.165) is 31.0 Å². The van der Waals surface area contributed by atoms with Gasteiger partial charge >= 0.3 is 0 Å². The molecule has 0 saturated carbocycles. The second-order valence-corrected chi connectivity index (χ2v) is 6.21. The summed E-state index contributed by atoms with van der Waals surface area (Å²) in [6.07, 6.45) is 2.76. The van der Waals surface area contributed by atoms with E-state index >= 15 is 0 Å². The number of hydrogen-bond acceptors (Lipinski definition) is 3. The Labute approximate surface area is 140 Å². The van der Waals surface area contributed by atoms with Gasteiger partial charge in [0.2, 0.25) is 0 Å². The van der Waals surface area contributed by atoms with Gasteiger partial charge in [0, 0.05) is 30.1 Å². The lowest BCUT2D eigenvalue weighted by atomic mass is 10.1. The van der Waals surface area contributed by atoms with E-state index in [0.29, 0.717) is 0 Å². The van der Waals surface area contributed by atoms with Gasteiger partial charge in [-0.2, -0.15) is 0 Å². The van der Waals surface area contributed by atoms with Crippen LogP contribution in [-0.2, 0) is 13.0 Å². The standard InChI is InChI=1S/C18H20N4S/c1-19-18(22-13-16-8-4-12-23-16)21-11-9-15-6-2-5-14-7-3-10-20-17(14)15/h2-8,10,12H,9,11,13H2,1H3,(H2,19,21,22). The Morgan fingerprint density at radius 1 is 1.13 bits per heavy atom. The van der Waals surface area contributed by atoms with Crippen LogP contribution in [0.3, 0.4) is 0 Å². The Kier molecular flexibility index (Phi) is 5.21. The number of nitrogens with zero attached hydrogens (tertiary/aromatic N) is 2. The zero-order valence-electron chi connectivity index (χ0n) is 13.1. The summed E-state index contributed by atoms with van der Waals surface area (Å²) in [5.74, 6) is 0.826. The summed E-state index contributed by atoms with van der Waals surface area (Å²) in [4.78, 5) is 10.1. The molecule has 4 nitrogen and oxygen atoms in total. The van der Waals surface area contributed by atoms with Gasteiger partial charge in [0.25, 0.3) is 0 Å². The molecular weight excluding hydrogens is 304 g/mol. The first-order chi connectivity index (χ1) is 11.4. The minimum Gasteiger partial charge on any atom is -0.356 e. The summed E-state index contributed by atoms with van der Waals surface area (Å²) in [6.45, 7) is 1.62. The van der Waals surface area contributed by atoms with Crippen molar-refractivity contribution in [3.8, 4) is 0 Å². The number of aliphatic imine (C=N–C) groups is 1. The summed E-state index contributed by atoms with van der Waals surface area (Å²) >= 11 is 1.74. The van der Waals surface area contributed by atoms with E-state index < -0.39 is 0 Å². The predicted octanol–water partition coefficient (Wildman–Crippen LogP) is 3.20. The van der Waals surface area contributed by atoms with Gasteiger partial charge in [-0.3, -0.25) is 9.98 Å². The molecule has 3 rings (SSSR count). The number of thiophene rings is 1. The Hall–Kier alpha value is -2.40. The van der Waals surface area contributed by atoms with E-state index in [1.54, 1.807) is 18.4 Å². The van der Waals surface area contributed by atoms with E-state index in [1.165, 1.54) is 15.8 Å². The van der Waals surface area contributed by atoms with Crippen molar-refractivity contribution in [3.63, 3.8) is 0 Å². The van der Waals surface area contributed by atoms with E-state index in [-0.39, 0.29) is 0 Å². The first kappa shape index (κ1) is 15.5. The maximum Gasteiger partial charge on any atom is 0.191 e. The van der Waals surface area contributed by atoms with Gasteiger partial charge in [0.15, 0.2) is 5.96 Å². The molecule has 0 fully saturated rings. The van der Waals surface area contributed by atoms with Crippen molar-refractivity contribution in [1.29, 1.82) is 0 Å². The number of pyridine rings is 1. The molecule has 3 aromatic rings. The number of guanidine groups is 1. The largest absolute Gasteiger partial charge is 0.356 e. The molecule has 0 unspecified atom stereocenters. The lowest BCUT2D eigenvalue weighted by Crippen LogP contribution is -2.37. The number of nitrogens with one attached hydrogen (secondary N) is 2. The predicted molar refractivity (Wildman–Crippen MR) is 98.0 cm³/mol. The van der Waals surface area contributed by atoms with E-state index in [4.69, 9.17) is 0 Å². The molecule has 0 spiro atoms. The number of hydrogen-bond donors (Lipinski definition) is 2. The molecule has 0 aliphatic heterocycles. The average molecular weight is 324 g/mol. The fourth-order valence-corrected chi connectivity index (χ4v) is 3.13. The highest BCUT2D eigenvalue weighted by Gasteiger charge is 2.03. The topological polar surface area (TPSA) is 49.3 Å². The third-order valence-corrected chi connectivity index (χ3v) is 4.51. The maximum absolute atomic E-state index is 4.50. The molecule has 2 N–H and O–H groups in total. The van der Waals surface area contributed by atoms with Gasteiger partial charge in [0.1, 0.15) is 0 Å². The first-order valence-corrected chi connectivity index (χ1v) is 8.54. The van der Waals surface area contributed by atoms with Crippen LogP contribution in [0.4, 0.5) is 0 Å². The van der Waals surface area contributed by atoms with Crippen LogP contribution in [0.1, 0.15) is 10.4 Å². The van der Waals surface area contributed by atoms with Gasteiger partial charge in [-0.15, -0.1) is 11.3 Å². The summed E-state index contributed by atoms with van der Waals surface area (Å²) in [6, 6.07) is 14.6. The number of benzene rings is 1. The van der Waals surface area contributed by atoms with Crippen molar-refractivity contribution in [2.24, 2.45) is 4.99 Å². The number of para-hydroxylation sites is 1. The lowest BCUT2D eigenvalue weighted by Gasteiger charge is -2.12. The van der Waals surface area contributed by atoms with E-state index in [2.05, 4.69) is 62.4 Å². The van der Waals surface area contributed by atoms with Crippen LogP contribution in [-0.4, -0.2) is 24.5 Å². The third-order valence-electron chi connectivity index (χ3n) is 3.64. The summed E-state index contributed by atoms with van der Waals surface area (Å²) in [7, 11) is 1.79. The SMILES string of the molecule is CN=C(NCCc1cccc2cccnc12)NCc1cccs1. The van der Waals surface area contributed by atoms with Crippen LogP contribution in [0.2, 0.25) is 0 Å². The summed E-state index contributed by atoms with van der Waals surface area (Å²) in [5, 5.41) is 9.96. The molecule has 0 atom stereocenters. The van der Waals surface area contributed by atoms with Crippen molar-refractivity contribution < 1.29 is 0 Å². The van der Waals surface area contributed by atoms with Gasteiger partial charge < -0.3 is 10.6 Å².